The normalized spacial score (nSPS) is 18.5. The van der Waals surface area contributed by atoms with Gasteiger partial charge in [0.05, 0.1) is 17.9 Å². The largest absolute Gasteiger partial charge is 0.497 e. The highest BCUT2D eigenvalue weighted by Crippen LogP contribution is 2.25. The first-order valence-electron chi connectivity index (χ1n) is 10.4. The molecule has 7 heteroatoms. The van der Waals surface area contributed by atoms with Gasteiger partial charge in [0.15, 0.2) is 0 Å². The van der Waals surface area contributed by atoms with Crippen molar-refractivity contribution in [3.05, 3.63) is 60.2 Å². The average molecular weight is 431 g/mol. The molecular formula is C23H30N2O4S. The number of carbonyl (C=O) groups is 1. The number of nitrogens with zero attached hydrogens (tertiary/aromatic N) is 1. The SMILES string of the molecule is COc1ccc(S(=O)(=O)N2CCC[C@H](C(=O)N[C@@H](C)CCc3ccccc3)C2)cc1. The predicted octanol–water partition coefficient (Wildman–Crippen LogP) is 3.23. The molecule has 0 spiro atoms. The van der Waals surface area contributed by atoms with Gasteiger partial charge in [-0.05, 0) is 62.4 Å². The van der Waals surface area contributed by atoms with Crippen molar-refractivity contribution in [2.75, 3.05) is 20.2 Å². The number of methoxy groups -OCH3 is 1. The molecular weight excluding hydrogens is 400 g/mol. The van der Waals surface area contributed by atoms with E-state index in [9.17, 15) is 13.2 Å². The van der Waals surface area contributed by atoms with Crippen molar-refractivity contribution in [1.82, 2.24) is 9.62 Å². The Bertz CT molecular complexity index is 929. The Labute approximate surface area is 179 Å². The van der Waals surface area contributed by atoms with E-state index in [1.54, 1.807) is 24.3 Å². The minimum Gasteiger partial charge on any atom is -0.497 e. The smallest absolute Gasteiger partial charge is 0.243 e. The third-order valence-electron chi connectivity index (χ3n) is 5.55. The second-order valence-corrected chi connectivity index (χ2v) is 9.75. The van der Waals surface area contributed by atoms with Crippen LogP contribution in [-0.2, 0) is 21.2 Å². The van der Waals surface area contributed by atoms with Gasteiger partial charge in [0.1, 0.15) is 5.75 Å². The van der Waals surface area contributed by atoms with Crippen molar-refractivity contribution in [1.29, 1.82) is 0 Å². The molecule has 0 aromatic heterocycles. The molecule has 1 aliphatic heterocycles. The number of benzene rings is 2. The van der Waals surface area contributed by atoms with Gasteiger partial charge in [-0.1, -0.05) is 30.3 Å². The topological polar surface area (TPSA) is 75.7 Å². The lowest BCUT2D eigenvalue weighted by atomic mass is 9.98. The summed E-state index contributed by atoms with van der Waals surface area (Å²) in [6.45, 7) is 2.64. The fourth-order valence-corrected chi connectivity index (χ4v) is 5.26. The Hall–Kier alpha value is -2.38. The van der Waals surface area contributed by atoms with Gasteiger partial charge in [0.25, 0.3) is 0 Å². The maximum atomic E-state index is 13.0. The molecule has 30 heavy (non-hydrogen) atoms. The Balaban J connectivity index is 1.57. The second kappa shape index (κ2) is 10.1. The molecule has 2 atom stereocenters. The molecule has 1 saturated heterocycles. The molecule has 162 valence electrons. The monoisotopic (exact) mass is 430 g/mol. The first-order chi connectivity index (χ1) is 14.4. The van der Waals surface area contributed by atoms with Crippen LogP contribution in [0.4, 0.5) is 0 Å². The lowest BCUT2D eigenvalue weighted by Gasteiger charge is -2.32. The van der Waals surface area contributed by atoms with Crippen LogP contribution in [0, 0.1) is 5.92 Å². The minimum absolute atomic E-state index is 0.0336. The van der Waals surface area contributed by atoms with Crippen molar-refractivity contribution in [3.8, 4) is 5.75 Å². The highest BCUT2D eigenvalue weighted by atomic mass is 32.2. The van der Waals surface area contributed by atoms with Gasteiger partial charge in [-0.3, -0.25) is 4.79 Å². The predicted molar refractivity (Wildman–Crippen MR) is 117 cm³/mol. The molecule has 2 aromatic carbocycles. The van der Waals surface area contributed by atoms with Crippen LogP contribution in [0.3, 0.4) is 0 Å². The Morgan fingerprint density at radius 1 is 1.17 bits per heavy atom. The number of carbonyl (C=O) groups excluding carboxylic acids is 1. The zero-order valence-corrected chi connectivity index (χ0v) is 18.4. The zero-order chi connectivity index (χ0) is 21.6. The van der Waals surface area contributed by atoms with Crippen LogP contribution in [0.15, 0.2) is 59.5 Å². The fraction of sp³-hybridized carbons (Fsp3) is 0.435. The molecule has 1 aliphatic rings. The lowest BCUT2D eigenvalue weighted by molar-refractivity contribution is -0.126. The van der Waals surface area contributed by atoms with Crippen molar-refractivity contribution >= 4 is 15.9 Å². The van der Waals surface area contributed by atoms with Crippen LogP contribution in [0.2, 0.25) is 0 Å². The van der Waals surface area contributed by atoms with Crippen molar-refractivity contribution in [2.45, 2.75) is 43.5 Å². The zero-order valence-electron chi connectivity index (χ0n) is 17.6. The number of sulfonamides is 1. The van der Waals surface area contributed by atoms with E-state index in [1.807, 2.05) is 25.1 Å². The molecule has 1 fully saturated rings. The van der Waals surface area contributed by atoms with Crippen molar-refractivity contribution < 1.29 is 17.9 Å². The minimum atomic E-state index is -3.63. The second-order valence-electron chi connectivity index (χ2n) is 7.81. The van der Waals surface area contributed by atoms with Crippen LogP contribution < -0.4 is 10.1 Å². The van der Waals surface area contributed by atoms with Gasteiger partial charge in [-0.25, -0.2) is 8.42 Å². The number of rotatable bonds is 8. The molecule has 0 bridgehead atoms. The molecule has 0 unspecified atom stereocenters. The molecule has 1 amide bonds. The number of ether oxygens (including phenoxy) is 1. The van der Waals surface area contributed by atoms with E-state index in [0.29, 0.717) is 25.1 Å². The summed E-state index contributed by atoms with van der Waals surface area (Å²) in [6.07, 6.45) is 3.11. The number of piperidine rings is 1. The molecule has 6 nitrogen and oxygen atoms in total. The van der Waals surface area contributed by atoms with Crippen LogP contribution in [0.5, 0.6) is 5.75 Å². The highest BCUT2D eigenvalue weighted by molar-refractivity contribution is 7.89. The van der Waals surface area contributed by atoms with Gasteiger partial charge >= 0.3 is 0 Å². The Kier molecular flexibility index (Phi) is 7.50. The molecule has 0 aliphatic carbocycles. The van der Waals surface area contributed by atoms with Gasteiger partial charge in [-0.15, -0.1) is 0 Å². The van der Waals surface area contributed by atoms with E-state index >= 15 is 0 Å². The average Bonchev–Trinajstić information content (AvgIpc) is 2.78. The van der Waals surface area contributed by atoms with E-state index < -0.39 is 10.0 Å². The quantitative estimate of drug-likeness (QED) is 0.698. The lowest BCUT2D eigenvalue weighted by Crippen LogP contribution is -2.47. The molecule has 2 aromatic rings. The van der Waals surface area contributed by atoms with Gasteiger partial charge < -0.3 is 10.1 Å². The maximum Gasteiger partial charge on any atom is 0.243 e. The van der Waals surface area contributed by atoms with Crippen molar-refractivity contribution in [3.63, 3.8) is 0 Å². The molecule has 3 rings (SSSR count). The third kappa shape index (κ3) is 5.61. The number of aryl methyl sites for hydroxylation is 1. The summed E-state index contributed by atoms with van der Waals surface area (Å²) in [4.78, 5) is 13.0. The summed E-state index contributed by atoms with van der Waals surface area (Å²) in [5, 5.41) is 3.07. The highest BCUT2D eigenvalue weighted by Gasteiger charge is 2.33. The first kappa shape index (κ1) is 22.3. The van der Waals surface area contributed by atoms with Crippen molar-refractivity contribution in [2.24, 2.45) is 5.92 Å². The number of nitrogens with one attached hydrogen (secondary N) is 1. The summed E-state index contributed by atoms with van der Waals surface area (Å²) in [5.74, 6) is 0.213. The third-order valence-corrected chi connectivity index (χ3v) is 7.43. The van der Waals surface area contributed by atoms with Crippen LogP contribution >= 0.6 is 0 Å². The van der Waals surface area contributed by atoms with Crippen LogP contribution in [0.25, 0.3) is 0 Å². The first-order valence-corrected chi connectivity index (χ1v) is 11.8. The number of amides is 1. The van der Waals surface area contributed by atoms with E-state index in [2.05, 4.69) is 17.4 Å². The summed E-state index contributed by atoms with van der Waals surface area (Å²) < 4.78 is 32.5. The van der Waals surface area contributed by atoms with Crippen LogP contribution in [-0.4, -0.2) is 44.9 Å². The Morgan fingerprint density at radius 2 is 1.87 bits per heavy atom. The maximum absolute atomic E-state index is 13.0. The summed E-state index contributed by atoms with van der Waals surface area (Å²) in [5.41, 5.74) is 1.24. The van der Waals surface area contributed by atoms with Gasteiger partial charge in [0.2, 0.25) is 15.9 Å². The number of hydrogen-bond donors (Lipinski definition) is 1. The van der Waals surface area contributed by atoms with E-state index in [-0.39, 0.29) is 29.3 Å². The molecule has 1 N–H and O–H groups in total. The van der Waals surface area contributed by atoms with Gasteiger partial charge in [-0.2, -0.15) is 4.31 Å². The number of hydrogen-bond acceptors (Lipinski definition) is 4. The van der Waals surface area contributed by atoms with E-state index in [0.717, 1.165) is 12.8 Å². The molecule has 0 radical (unpaired) electrons. The van der Waals surface area contributed by atoms with E-state index in [1.165, 1.54) is 17.0 Å². The Morgan fingerprint density at radius 3 is 2.53 bits per heavy atom. The summed E-state index contributed by atoms with van der Waals surface area (Å²) in [6, 6.07) is 16.6. The fourth-order valence-electron chi connectivity index (χ4n) is 3.73. The van der Waals surface area contributed by atoms with E-state index in [4.69, 9.17) is 4.74 Å². The summed E-state index contributed by atoms with van der Waals surface area (Å²) >= 11 is 0. The summed E-state index contributed by atoms with van der Waals surface area (Å²) in [7, 11) is -2.09. The molecule has 1 heterocycles. The standard InChI is InChI=1S/C23H30N2O4S/c1-18(10-11-19-7-4-3-5-8-19)24-23(26)20-9-6-16-25(17-20)30(27,28)22-14-12-21(29-2)13-15-22/h3-5,7-8,12-15,18,20H,6,9-11,16-17H2,1-2H3,(H,24,26)/t18-,20-/m0/s1. The van der Waals surface area contributed by atoms with Gasteiger partial charge in [0, 0.05) is 19.1 Å². The van der Waals surface area contributed by atoms with Crippen LogP contribution in [0.1, 0.15) is 31.7 Å². The molecule has 0 saturated carbocycles.